The van der Waals surface area contributed by atoms with Gasteiger partial charge < -0.3 is 4.57 Å². The zero-order valence-corrected chi connectivity index (χ0v) is 13.4. The third-order valence-electron chi connectivity index (χ3n) is 3.48. The topological polar surface area (TPSA) is 72.8 Å². The molecular formula is C16H14N4O2S. The van der Waals surface area contributed by atoms with Crippen molar-refractivity contribution in [3.63, 3.8) is 0 Å². The average molecular weight is 326 g/mol. The number of nitro benzene ring substituents is 1. The van der Waals surface area contributed by atoms with Gasteiger partial charge in [-0.2, -0.15) is 5.10 Å². The summed E-state index contributed by atoms with van der Waals surface area (Å²) in [7, 11) is 1.94. The van der Waals surface area contributed by atoms with Crippen LogP contribution < -0.4 is 4.80 Å². The molecule has 6 nitrogen and oxygen atoms in total. The van der Waals surface area contributed by atoms with Gasteiger partial charge in [-0.05, 0) is 19.1 Å². The summed E-state index contributed by atoms with van der Waals surface area (Å²) in [5.74, 6) is 0. The highest BCUT2D eigenvalue weighted by molar-refractivity contribution is 7.16. The molecule has 0 spiro atoms. The van der Waals surface area contributed by atoms with Gasteiger partial charge >= 0.3 is 0 Å². The number of rotatable bonds is 3. The van der Waals surface area contributed by atoms with Crippen molar-refractivity contribution in [2.45, 2.75) is 6.92 Å². The molecule has 0 saturated carbocycles. The molecule has 3 rings (SSSR count). The molecule has 0 aliphatic rings. The zero-order valence-electron chi connectivity index (χ0n) is 12.6. The molecule has 0 bridgehead atoms. The predicted octanol–water partition coefficient (Wildman–Crippen LogP) is 3.47. The Balaban J connectivity index is 2.01. The van der Waals surface area contributed by atoms with Crippen molar-refractivity contribution in [3.8, 4) is 0 Å². The number of aryl methyl sites for hydroxylation is 1. The maximum absolute atomic E-state index is 10.8. The monoisotopic (exact) mass is 326 g/mol. The molecule has 0 radical (unpaired) electrons. The molecule has 0 fully saturated rings. The van der Waals surface area contributed by atoms with Crippen LogP contribution in [0, 0.1) is 10.1 Å². The molecule has 7 heteroatoms. The normalized spacial score (nSPS) is 12.8. The van der Waals surface area contributed by atoms with Gasteiger partial charge in [0.1, 0.15) is 0 Å². The number of nitrogens with zero attached hydrogens (tertiary/aromatic N) is 4. The minimum Gasteiger partial charge on any atom is -0.318 e. The summed E-state index contributed by atoms with van der Waals surface area (Å²) in [6.45, 7) is 1.79. The van der Waals surface area contributed by atoms with E-state index in [4.69, 9.17) is 0 Å². The Kier molecular flexibility index (Phi) is 4.03. The number of hydrogen-bond donors (Lipinski definition) is 0. The van der Waals surface area contributed by atoms with Crippen LogP contribution in [0.2, 0.25) is 0 Å². The van der Waals surface area contributed by atoms with Crippen molar-refractivity contribution in [3.05, 3.63) is 69.0 Å². The summed E-state index contributed by atoms with van der Waals surface area (Å²) in [5, 5.41) is 19.4. The van der Waals surface area contributed by atoms with Crippen LogP contribution in [-0.2, 0) is 7.05 Å². The van der Waals surface area contributed by atoms with E-state index in [9.17, 15) is 10.1 Å². The summed E-state index contributed by atoms with van der Waals surface area (Å²) >= 11 is 1.55. The molecule has 2 aromatic carbocycles. The molecule has 116 valence electrons. The fourth-order valence-electron chi connectivity index (χ4n) is 2.20. The van der Waals surface area contributed by atoms with Gasteiger partial charge in [-0.15, -0.1) is 5.10 Å². The van der Waals surface area contributed by atoms with E-state index in [1.807, 2.05) is 35.9 Å². The third-order valence-corrected chi connectivity index (χ3v) is 4.58. The van der Waals surface area contributed by atoms with Gasteiger partial charge in [-0.3, -0.25) is 10.1 Å². The van der Waals surface area contributed by atoms with E-state index < -0.39 is 4.92 Å². The molecule has 23 heavy (non-hydrogen) atoms. The number of benzene rings is 2. The summed E-state index contributed by atoms with van der Waals surface area (Å²) in [4.78, 5) is 11.2. The fraction of sp³-hybridized carbons (Fsp3) is 0.125. The smallest absolute Gasteiger partial charge is 0.270 e. The van der Waals surface area contributed by atoms with Crippen molar-refractivity contribution < 1.29 is 4.92 Å². The highest BCUT2D eigenvalue weighted by atomic mass is 32.1. The quantitative estimate of drug-likeness (QED) is 0.420. The number of hydrogen-bond acceptors (Lipinski definition) is 5. The summed E-state index contributed by atoms with van der Waals surface area (Å²) in [5.41, 5.74) is 2.46. The summed E-state index contributed by atoms with van der Waals surface area (Å²) < 4.78 is 3.11. The lowest BCUT2D eigenvalue weighted by Crippen LogP contribution is -2.09. The van der Waals surface area contributed by atoms with Crippen LogP contribution in [0.25, 0.3) is 10.2 Å². The Morgan fingerprint density at radius 2 is 2.00 bits per heavy atom. The Bertz CT molecular complexity index is 985. The van der Waals surface area contributed by atoms with E-state index in [0.717, 1.165) is 15.0 Å². The second kappa shape index (κ2) is 6.13. The van der Waals surface area contributed by atoms with Crippen molar-refractivity contribution in [2.24, 2.45) is 17.3 Å². The van der Waals surface area contributed by atoms with Gasteiger partial charge in [0.25, 0.3) is 5.69 Å². The molecule has 0 aliphatic carbocycles. The summed E-state index contributed by atoms with van der Waals surface area (Å²) in [6.07, 6.45) is 0. The van der Waals surface area contributed by atoms with Crippen LogP contribution in [-0.4, -0.2) is 15.2 Å². The van der Waals surface area contributed by atoms with Crippen LogP contribution in [0.1, 0.15) is 12.5 Å². The Labute approximate surface area is 136 Å². The van der Waals surface area contributed by atoms with Gasteiger partial charge in [0.2, 0.25) is 4.80 Å². The van der Waals surface area contributed by atoms with E-state index in [1.54, 1.807) is 30.4 Å². The first kappa shape index (κ1) is 15.1. The lowest BCUT2D eigenvalue weighted by molar-refractivity contribution is -0.384. The maximum Gasteiger partial charge on any atom is 0.270 e. The van der Waals surface area contributed by atoms with Gasteiger partial charge in [0, 0.05) is 24.7 Å². The molecule has 0 atom stereocenters. The lowest BCUT2D eigenvalue weighted by Gasteiger charge is -1.98. The molecule has 0 aliphatic heterocycles. The average Bonchev–Trinajstić information content (AvgIpc) is 2.89. The third kappa shape index (κ3) is 3.04. The van der Waals surface area contributed by atoms with E-state index >= 15 is 0 Å². The summed E-state index contributed by atoms with van der Waals surface area (Å²) in [6, 6.07) is 14.4. The van der Waals surface area contributed by atoms with Gasteiger partial charge in [-0.1, -0.05) is 35.6 Å². The number of thiazole rings is 1. The molecule has 0 saturated heterocycles. The second-order valence-corrected chi connectivity index (χ2v) is 6.01. The first-order valence-corrected chi connectivity index (χ1v) is 7.75. The molecular weight excluding hydrogens is 312 g/mol. The number of non-ortho nitro benzene ring substituents is 1. The number of nitro groups is 1. The minimum absolute atomic E-state index is 0.0458. The molecule has 0 N–H and O–H groups in total. The number of fused-ring (bicyclic) bond motifs is 1. The van der Waals surface area contributed by atoms with Crippen molar-refractivity contribution in [2.75, 3.05) is 0 Å². The lowest BCUT2D eigenvalue weighted by atomic mass is 10.1. The highest BCUT2D eigenvalue weighted by Crippen LogP contribution is 2.16. The number of aromatic nitrogens is 1. The molecule has 1 aromatic heterocycles. The van der Waals surface area contributed by atoms with Crippen LogP contribution >= 0.6 is 11.3 Å². The van der Waals surface area contributed by atoms with Gasteiger partial charge in [0.15, 0.2) is 0 Å². The molecule has 0 unspecified atom stereocenters. The van der Waals surface area contributed by atoms with Crippen molar-refractivity contribution in [1.29, 1.82) is 0 Å². The van der Waals surface area contributed by atoms with E-state index in [1.165, 1.54) is 12.1 Å². The Morgan fingerprint density at radius 1 is 1.22 bits per heavy atom. The van der Waals surface area contributed by atoms with E-state index in [0.29, 0.717) is 11.3 Å². The predicted molar refractivity (Wildman–Crippen MR) is 91.7 cm³/mol. The van der Waals surface area contributed by atoms with Crippen molar-refractivity contribution >= 4 is 33.0 Å². The van der Waals surface area contributed by atoms with Crippen LogP contribution in [0.15, 0.2) is 58.7 Å². The van der Waals surface area contributed by atoms with E-state index in [-0.39, 0.29) is 5.69 Å². The van der Waals surface area contributed by atoms with Crippen molar-refractivity contribution in [1.82, 2.24) is 4.57 Å². The van der Waals surface area contributed by atoms with Crippen LogP contribution in [0.3, 0.4) is 0 Å². The fourth-order valence-corrected chi connectivity index (χ4v) is 3.17. The molecule has 0 amide bonds. The number of para-hydroxylation sites is 1. The minimum atomic E-state index is -0.417. The van der Waals surface area contributed by atoms with Crippen LogP contribution in [0.5, 0.6) is 0 Å². The van der Waals surface area contributed by atoms with Crippen LogP contribution in [0.4, 0.5) is 5.69 Å². The van der Waals surface area contributed by atoms with Gasteiger partial charge in [-0.25, -0.2) is 0 Å². The van der Waals surface area contributed by atoms with E-state index in [2.05, 4.69) is 10.2 Å². The largest absolute Gasteiger partial charge is 0.318 e. The molecule has 1 heterocycles. The highest BCUT2D eigenvalue weighted by Gasteiger charge is 2.07. The SMILES string of the molecule is C/C(=N/N=c1/sc2ccccc2n1C)c1cccc([N+](=O)[O-])c1. The first-order chi connectivity index (χ1) is 11.1. The second-order valence-electron chi connectivity index (χ2n) is 5.00. The Morgan fingerprint density at radius 3 is 2.74 bits per heavy atom. The Hall–Kier alpha value is -2.80. The standard InChI is InChI=1S/C16H14N4O2S/c1-11(12-6-5-7-13(10-12)20(21)22)17-18-16-19(2)14-8-3-4-9-15(14)23-16/h3-10H,1-2H3/b17-11-,18-16+. The zero-order chi connectivity index (χ0) is 16.4. The molecule has 3 aromatic rings. The maximum atomic E-state index is 10.8. The van der Waals surface area contributed by atoms with Gasteiger partial charge in [0.05, 0.1) is 20.9 Å². The first-order valence-electron chi connectivity index (χ1n) is 6.94.